The lowest BCUT2D eigenvalue weighted by molar-refractivity contribution is -0.121. The number of nitrogens with one attached hydrogen (secondary N) is 2. The summed E-state index contributed by atoms with van der Waals surface area (Å²) < 4.78 is 6.41. The third kappa shape index (κ3) is 4.43. The molecule has 1 aliphatic rings. The third-order valence-electron chi connectivity index (χ3n) is 3.54. The summed E-state index contributed by atoms with van der Waals surface area (Å²) in [6.07, 6.45) is 1.37. The monoisotopic (exact) mass is 345 g/mol. The summed E-state index contributed by atoms with van der Waals surface area (Å²) in [6.45, 7) is 3.59. The van der Waals surface area contributed by atoms with Crippen molar-refractivity contribution >= 4 is 17.8 Å². The zero-order valence-electron chi connectivity index (χ0n) is 13.8. The van der Waals surface area contributed by atoms with Gasteiger partial charge < -0.3 is 15.4 Å². The van der Waals surface area contributed by atoms with Gasteiger partial charge in [0.15, 0.2) is 5.82 Å². The highest BCUT2D eigenvalue weighted by molar-refractivity contribution is 5.82. The van der Waals surface area contributed by atoms with E-state index in [1.165, 1.54) is 4.90 Å². The molecule has 0 spiro atoms. The van der Waals surface area contributed by atoms with Gasteiger partial charge in [0.25, 0.3) is 0 Å². The zero-order chi connectivity index (χ0) is 17.6. The van der Waals surface area contributed by atoms with Crippen LogP contribution in [0.4, 0.5) is 10.6 Å². The second-order valence-corrected chi connectivity index (χ2v) is 5.49. The molecule has 25 heavy (non-hydrogen) atoms. The summed E-state index contributed by atoms with van der Waals surface area (Å²) >= 11 is 0. The van der Waals surface area contributed by atoms with Gasteiger partial charge in [-0.25, -0.2) is 9.48 Å². The predicted octanol–water partition coefficient (Wildman–Crippen LogP) is -0.0490. The molecule has 0 unspecified atom stereocenters. The molecule has 0 saturated carbocycles. The van der Waals surface area contributed by atoms with E-state index in [2.05, 4.69) is 25.9 Å². The first-order valence-corrected chi connectivity index (χ1v) is 7.90. The molecule has 2 N–H and O–H groups in total. The molecule has 0 aliphatic carbocycles. The number of hydrogen-bond donors (Lipinski definition) is 2. The van der Waals surface area contributed by atoms with Gasteiger partial charge in [-0.2, -0.15) is 5.10 Å². The van der Waals surface area contributed by atoms with E-state index in [1.54, 1.807) is 16.8 Å². The lowest BCUT2D eigenvalue weighted by Gasteiger charge is -2.12. The van der Waals surface area contributed by atoms with Gasteiger partial charge in [-0.3, -0.25) is 9.69 Å². The van der Waals surface area contributed by atoms with Crippen LogP contribution in [0.2, 0.25) is 0 Å². The maximum absolute atomic E-state index is 11.7. The summed E-state index contributed by atoms with van der Waals surface area (Å²) in [5.41, 5.74) is 0.905. The number of hydrogen-bond acceptors (Lipinski definition) is 7. The average molecular weight is 345 g/mol. The molecular formula is C15H19N7O3. The molecular weight excluding hydrogens is 326 g/mol. The van der Waals surface area contributed by atoms with Crippen molar-refractivity contribution in [3.05, 3.63) is 30.1 Å². The Morgan fingerprint density at radius 1 is 1.28 bits per heavy atom. The van der Waals surface area contributed by atoms with Crippen LogP contribution >= 0.6 is 0 Å². The molecule has 10 heteroatoms. The van der Waals surface area contributed by atoms with Crippen molar-refractivity contribution in [3.8, 4) is 5.82 Å². The Hall–Kier alpha value is -3.17. The summed E-state index contributed by atoms with van der Waals surface area (Å²) in [6, 6.07) is 5.49. The molecule has 2 amide bonds. The third-order valence-corrected chi connectivity index (χ3v) is 3.54. The Bertz CT molecular complexity index is 744. The molecule has 0 aromatic carbocycles. The van der Waals surface area contributed by atoms with E-state index in [0.717, 1.165) is 5.69 Å². The molecule has 1 saturated heterocycles. The predicted molar refractivity (Wildman–Crippen MR) is 88.3 cm³/mol. The average Bonchev–Trinajstić information content (AvgIpc) is 3.21. The Morgan fingerprint density at radius 3 is 2.80 bits per heavy atom. The fraction of sp³-hybridized carbons (Fsp3) is 0.400. The number of aromatic nitrogens is 4. The summed E-state index contributed by atoms with van der Waals surface area (Å²) in [5.74, 6) is 1.01. The van der Waals surface area contributed by atoms with Crippen LogP contribution in [-0.4, -0.2) is 69.7 Å². The van der Waals surface area contributed by atoms with Gasteiger partial charge >= 0.3 is 6.09 Å². The number of nitrogens with zero attached hydrogens (tertiary/aromatic N) is 5. The highest BCUT2D eigenvalue weighted by Crippen LogP contribution is 2.06. The van der Waals surface area contributed by atoms with Gasteiger partial charge in [-0.05, 0) is 25.1 Å². The van der Waals surface area contributed by atoms with Gasteiger partial charge in [-0.1, -0.05) is 0 Å². The normalized spacial score (nSPS) is 13.6. The highest BCUT2D eigenvalue weighted by Gasteiger charge is 2.23. The first-order chi connectivity index (χ1) is 12.1. The van der Waals surface area contributed by atoms with Gasteiger partial charge in [0.05, 0.1) is 12.2 Å². The van der Waals surface area contributed by atoms with Crippen molar-refractivity contribution in [2.75, 3.05) is 38.1 Å². The van der Waals surface area contributed by atoms with Crippen LogP contribution in [0.1, 0.15) is 5.69 Å². The molecule has 0 bridgehead atoms. The minimum atomic E-state index is -0.448. The first kappa shape index (κ1) is 16.7. The second kappa shape index (κ2) is 7.60. The van der Waals surface area contributed by atoms with E-state index in [0.29, 0.717) is 37.9 Å². The molecule has 1 fully saturated rings. The van der Waals surface area contributed by atoms with Crippen molar-refractivity contribution in [1.29, 1.82) is 0 Å². The lowest BCUT2D eigenvalue weighted by atomic mass is 10.4. The van der Waals surface area contributed by atoms with Gasteiger partial charge in [0.2, 0.25) is 5.91 Å². The van der Waals surface area contributed by atoms with Crippen LogP contribution in [0.5, 0.6) is 0 Å². The van der Waals surface area contributed by atoms with Gasteiger partial charge in [0, 0.05) is 19.3 Å². The minimum Gasteiger partial charge on any atom is -0.448 e. The van der Waals surface area contributed by atoms with Gasteiger partial charge in [0.1, 0.15) is 19.0 Å². The smallest absolute Gasteiger partial charge is 0.410 e. The molecule has 132 valence electrons. The van der Waals surface area contributed by atoms with E-state index in [9.17, 15) is 9.59 Å². The largest absolute Gasteiger partial charge is 0.448 e. The van der Waals surface area contributed by atoms with E-state index < -0.39 is 6.09 Å². The molecule has 0 radical (unpaired) electrons. The number of anilines is 1. The minimum absolute atomic E-state index is 0.0105. The van der Waals surface area contributed by atoms with Crippen molar-refractivity contribution in [2.24, 2.45) is 0 Å². The lowest BCUT2D eigenvalue weighted by Crippen LogP contribution is -2.39. The quantitative estimate of drug-likeness (QED) is 0.676. The molecule has 3 heterocycles. The van der Waals surface area contributed by atoms with Crippen molar-refractivity contribution in [1.82, 2.24) is 30.2 Å². The molecule has 1 aliphatic heterocycles. The van der Waals surface area contributed by atoms with Crippen molar-refractivity contribution < 1.29 is 14.3 Å². The van der Waals surface area contributed by atoms with Crippen molar-refractivity contribution in [3.63, 3.8) is 0 Å². The first-order valence-electron chi connectivity index (χ1n) is 7.90. The fourth-order valence-corrected chi connectivity index (χ4v) is 2.28. The van der Waals surface area contributed by atoms with Crippen LogP contribution in [0, 0.1) is 6.92 Å². The number of carbonyl (C=O) groups excluding carboxylic acids is 2. The van der Waals surface area contributed by atoms with E-state index in [1.807, 2.05) is 19.2 Å². The van der Waals surface area contributed by atoms with E-state index in [-0.39, 0.29) is 12.5 Å². The second-order valence-electron chi connectivity index (χ2n) is 5.49. The number of cyclic esters (lactones) is 1. The Kier molecular flexibility index (Phi) is 5.07. The standard InChI is InChI=1S/C15H19N7O3/c1-11-4-7-22(20-11)13-3-2-12(18-19-13)16-5-6-17-14(23)10-21-8-9-25-15(21)24/h2-4,7H,5-6,8-10H2,1H3,(H,16,18)(H,17,23). The summed E-state index contributed by atoms with van der Waals surface area (Å²) in [7, 11) is 0. The van der Waals surface area contributed by atoms with E-state index >= 15 is 0 Å². The van der Waals surface area contributed by atoms with Gasteiger partial charge in [-0.15, -0.1) is 10.2 Å². The fourth-order valence-electron chi connectivity index (χ4n) is 2.28. The van der Waals surface area contributed by atoms with Crippen LogP contribution in [0.15, 0.2) is 24.4 Å². The van der Waals surface area contributed by atoms with Crippen LogP contribution in [-0.2, 0) is 9.53 Å². The van der Waals surface area contributed by atoms with Crippen LogP contribution < -0.4 is 10.6 Å². The molecule has 2 aromatic rings. The van der Waals surface area contributed by atoms with Crippen LogP contribution in [0.25, 0.3) is 5.82 Å². The zero-order valence-corrected chi connectivity index (χ0v) is 13.8. The van der Waals surface area contributed by atoms with E-state index in [4.69, 9.17) is 4.74 Å². The Labute approximate surface area is 144 Å². The molecule has 2 aromatic heterocycles. The van der Waals surface area contributed by atoms with Crippen LogP contribution in [0.3, 0.4) is 0 Å². The summed E-state index contributed by atoms with van der Waals surface area (Å²) in [5, 5.41) is 18.2. The maximum atomic E-state index is 11.7. The molecule has 3 rings (SSSR count). The topological polar surface area (TPSA) is 114 Å². The Balaban J connectivity index is 1.38. The Morgan fingerprint density at radius 2 is 2.16 bits per heavy atom. The molecule has 10 nitrogen and oxygen atoms in total. The maximum Gasteiger partial charge on any atom is 0.410 e. The highest BCUT2D eigenvalue weighted by atomic mass is 16.6. The number of rotatable bonds is 7. The number of carbonyl (C=O) groups is 2. The number of aryl methyl sites for hydroxylation is 1. The summed E-state index contributed by atoms with van der Waals surface area (Å²) in [4.78, 5) is 24.3. The number of ether oxygens (including phenoxy) is 1. The number of amides is 2. The molecule has 0 atom stereocenters. The van der Waals surface area contributed by atoms with Crippen molar-refractivity contribution in [2.45, 2.75) is 6.92 Å². The SMILES string of the molecule is Cc1ccn(-c2ccc(NCCNC(=O)CN3CCOC3=O)nn2)n1.